The summed E-state index contributed by atoms with van der Waals surface area (Å²) < 4.78 is 5.74. The van der Waals surface area contributed by atoms with Crippen molar-refractivity contribution in [1.82, 2.24) is 10.6 Å². The summed E-state index contributed by atoms with van der Waals surface area (Å²) in [6.07, 6.45) is 2.84. The smallest absolute Gasteiger partial charge is 0.341 e. The third kappa shape index (κ3) is 4.95. The average Bonchev–Trinajstić information content (AvgIpc) is 3.02. The minimum absolute atomic E-state index is 0.0946. The van der Waals surface area contributed by atoms with Gasteiger partial charge in [0, 0.05) is 16.2 Å². The molecule has 130 valence electrons. The topological polar surface area (TPSA) is 111 Å². The van der Waals surface area contributed by atoms with E-state index in [9.17, 15) is 14.4 Å². The van der Waals surface area contributed by atoms with Crippen LogP contribution in [0.25, 0.3) is 0 Å². The van der Waals surface area contributed by atoms with Gasteiger partial charge in [0.15, 0.2) is 6.10 Å². The van der Waals surface area contributed by atoms with Gasteiger partial charge in [-0.15, -0.1) is 0 Å². The number of ether oxygens (including phenoxy) is 1. The van der Waals surface area contributed by atoms with Crippen molar-refractivity contribution in [1.29, 1.82) is 0 Å². The molecule has 1 aliphatic carbocycles. The molecular formula is C16H20BrN3O4. The van der Waals surface area contributed by atoms with Crippen molar-refractivity contribution in [3.63, 3.8) is 0 Å². The average molecular weight is 398 g/mol. The van der Waals surface area contributed by atoms with Crippen LogP contribution in [0.5, 0.6) is 0 Å². The summed E-state index contributed by atoms with van der Waals surface area (Å²) in [6.45, 7) is 1.39. The standard InChI is InChI=1S/C16H20BrN3O4/c1-9(14(21)20-16(23)19-11-4-2-3-5-11)24-15(22)12-8-10(17)6-7-13(12)18/h6-9,11H,2-5,18H2,1H3,(H2,19,20,21,23)/t9-/m0/s1. The highest BCUT2D eigenvalue weighted by Crippen LogP contribution is 2.20. The zero-order valence-electron chi connectivity index (χ0n) is 13.3. The molecule has 1 aromatic rings. The van der Waals surface area contributed by atoms with Crippen LogP contribution in [0.15, 0.2) is 22.7 Å². The van der Waals surface area contributed by atoms with Crippen molar-refractivity contribution in [2.45, 2.75) is 44.8 Å². The van der Waals surface area contributed by atoms with Crippen LogP contribution in [-0.2, 0) is 9.53 Å². The van der Waals surface area contributed by atoms with E-state index in [-0.39, 0.29) is 17.3 Å². The van der Waals surface area contributed by atoms with Gasteiger partial charge in [-0.3, -0.25) is 10.1 Å². The molecule has 1 saturated carbocycles. The maximum Gasteiger partial charge on any atom is 0.341 e. The highest BCUT2D eigenvalue weighted by molar-refractivity contribution is 9.10. The zero-order chi connectivity index (χ0) is 17.7. The van der Waals surface area contributed by atoms with E-state index in [4.69, 9.17) is 10.5 Å². The molecule has 1 fully saturated rings. The number of nitrogens with one attached hydrogen (secondary N) is 2. The third-order valence-electron chi connectivity index (χ3n) is 3.82. The Kier molecular flexibility index (Phi) is 6.19. The van der Waals surface area contributed by atoms with Crippen LogP contribution < -0.4 is 16.4 Å². The molecule has 0 heterocycles. The van der Waals surface area contributed by atoms with Gasteiger partial charge in [0.05, 0.1) is 5.56 Å². The number of rotatable bonds is 4. The minimum Gasteiger partial charge on any atom is -0.449 e. The van der Waals surface area contributed by atoms with E-state index in [0.29, 0.717) is 4.47 Å². The Hall–Kier alpha value is -2.09. The Morgan fingerprint density at radius 1 is 1.29 bits per heavy atom. The number of imide groups is 1. The number of hydrogen-bond donors (Lipinski definition) is 3. The first-order chi connectivity index (χ1) is 11.4. The van der Waals surface area contributed by atoms with E-state index < -0.39 is 24.0 Å². The van der Waals surface area contributed by atoms with Gasteiger partial charge in [-0.05, 0) is 38.0 Å². The van der Waals surface area contributed by atoms with Gasteiger partial charge in [-0.2, -0.15) is 0 Å². The first-order valence-corrected chi connectivity index (χ1v) is 8.53. The van der Waals surface area contributed by atoms with E-state index >= 15 is 0 Å². The Balaban J connectivity index is 1.87. The molecule has 0 aliphatic heterocycles. The highest BCUT2D eigenvalue weighted by atomic mass is 79.9. The number of hydrogen-bond acceptors (Lipinski definition) is 5. The van der Waals surface area contributed by atoms with Gasteiger partial charge >= 0.3 is 12.0 Å². The summed E-state index contributed by atoms with van der Waals surface area (Å²) in [5.74, 6) is -1.42. The molecule has 1 aliphatic rings. The van der Waals surface area contributed by atoms with Crippen molar-refractivity contribution < 1.29 is 19.1 Å². The monoisotopic (exact) mass is 397 g/mol. The molecule has 0 spiro atoms. The number of amides is 3. The molecule has 3 amide bonds. The van der Waals surface area contributed by atoms with Gasteiger partial charge in [0.25, 0.3) is 5.91 Å². The Morgan fingerprint density at radius 3 is 2.62 bits per heavy atom. The summed E-state index contributed by atoms with van der Waals surface area (Å²) >= 11 is 3.24. The van der Waals surface area contributed by atoms with Crippen molar-refractivity contribution >= 4 is 39.5 Å². The number of nitrogens with two attached hydrogens (primary N) is 1. The van der Waals surface area contributed by atoms with E-state index in [2.05, 4.69) is 26.6 Å². The first kappa shape index (κ1) is 18.3. The Labute approximate surface area is 148 Å². The van der Waals surface area contributed by atoms with Crippen LogP contribution in [0, 0.1) is 0 Å². The number of anilines is 1. The predicted octanol–water partition coefficient (Wildman–Crippen LogP) is 2.34. The summed E-state index contributed by atoms with van der Waals surface area (Å²) in [5.41, 5.74) is 6.13. The van der Waals surface area contributed by atoms with E-state index in [1.54, 1.807) is 12.1 Å². The molecule has 0 bridgehead atoms. The van der Waals surface area contributed by atoms with Crippen LogP contribution in [0.2, 0.25) is 0 Å². The predicted molar refractivity (Wildman–Crippen MR) is 92.4 cm³/mol. The molecule has 0 unspecified atom stereocenters. The zero-order valence-corrected chi connectivity index (χ0v) is 14.9. The SMILES string of the molecule is C[C@H](OC(=O)c1cc(Br)ccc1N)C(=O)NC(=O)NC1CCCC1. The van der Waals surface area contributed by atoms with Gasteiger partial charge in [-0.25, -0.2) is 9.59 Å². The Bertz CT molecular complexity index is 644. The second kappa shape index (κ2) is 8.14. The lowest BCUT2D eigenvalue weighted by Gasteiger charge is -2.16. The van der Waals surface area contributed by atoms with E-state index in [0.717, 1.165) is 25.7 Å². The van der Waals surface area contributed by atoms with Crippen molar-refractivity contribution in [3.05, 3.63) is 28.2 Å². The first-order valence-electron chi connectivity index (χ1n) is 7.74. The van der Waals surface area contributed by atoms with E-state index in [1.165, 1.54) is 13.0 Å². The van der Waals surface area contributed by atoms with Crippen LogP contribution in [0.1, 0.15) is 43.0 Å². The van der Waals surface area contributed by atoms with Crippen molar-refractivity contribution in [2.24, 2.45) is 0 Å². The van der Waals surface area contributed by atoms with Crippen LogP contribution in [0.4, 0.5) is 10.5 Å². The maximum atomic E-state index is 12.1. The minimum atomic E-state index is -1.12. The molecule has 7 nitrogen and oxygen atoms in total. The van der Waals surface area contributed by atoms with Crippen molar-refractivity contribution in [3.8, 4) is 0 Å². The van der Waals surface area contributed by atoms with Crippen molar-refractivity contribution in [2.75, 3.05) is 5.73 Å². The number of halogens is 1. The summed E-state index contributed by atoms with van der Waals surface area (Å²) in [6, 6.07) is 4.28. The summed E-state index contributed by atoms with van der Waals surface area (Å²) in [4.78, 5) is 35.8. The number of benzene rings is 1. The number of urea groups is 1. The molecule has 24 heavy (non-hydrogen) atoms. The molecule has 8 heteroatoms. The Morgan fingerprint density at radius 2 is 1.96 bits per heavy atom. The summed E-state index contributed by atoms with van der Waals surface area (Å²) in [7, 11) is 0. The second-order valence-corrected chi connectivity index (χ2v) is 6.64. The molecule has 1 aromatic carbocycles. The van der Waals surface area contributed by atoms with Gasteiger partial charge in [0.2, 0.25) is 0 Å². The number of esters is 1. The van der Waals surface area contributed by atoms with Crippen LogP contribution in [0.3, 0.4) is 0 Å². The number of carbonyl (C=O) groups is 3. The van der Waals surface area contributed by atoms with Crippen LogP contribution in [-0.4, -0.2) is 30.1 Å². The number of nitrogen functional groups attached to an aromatic ring is 1. The third-order valence-corrected chi connectivity index (χ3v) is 4.31. The highest BCUT2D eigenvalue weighted by Gasteiger charge is 2.23. The fourth-order valence-electron chi connectivity index (χ4n) is 2.49. The molecule has 0 radical (unpaired) electrons. The van der Waals surface area contributed by atoms with Crippen LogP contribution >= 0.6 is 15.9 Å². The maximum absolute atomic E-state index is 12.1. The number of carbonyl (C=O) groups excluding carboxylic acids is 3. The lowest BCUT2D eigenvalue weighted by atomic mass is 10.2. The molecule has 2 rings (SSSR count). The van der Waals surface area contributed by atoms with Gasteiger partial charge in [0.1, 0.15) is 0 Å². The second-order valence-electron chi connectivity index (χ2n) is 5.72. The fourth-order valence-corrected chi connectivity index (χ4v) is 2.85. The lowest BCUT2D eigenvalue weighted by Crippen LogP contribution is -2.47. The molecule has 1 atom stereocenters. The van der Waals surface area contributed by atoms with Gasteiger partial charge < -0.3 is 15.8 Å². The van der Waals surface area contributed by atoms with Gasteiger partial charge in [-0.1, -0.05) is 28.8 Å². The molecule has 4 N–H and O–H groups in total. The molecule has 0 aromatic heterocycles. The largest absolute Gasteiger partial charge is 0.449 e. The van der Waals surface area contributed by atoms with E-state index in [1.807, 2.05) is 0 Å². The molecular weight excluding hydrogens is 378 g/mol. The fraction of sp³-hybridized carbons (Fsp3) is 0.438. The normalized spacial score (nSPS) is 15.6. The molecule has 0 saturated heterocycles. The summed E-state index contributed by atoms with van der Waals surface area (Å²) in [5, 5.41) is 4.91. The lowest BCUT2D eigenvalue weighted by molar-refractivity contribution is -0.127. The quantitative estimate of drug-likeness (QED) is 0.533.